The van der Waals surface area contributed by atoms with E-state index < -0.39 is 41.0 Å². The van der Waals surface area contributed by atoms with E-state index in [1.54, 1.807) is 6.07 Å². The minimum Gasteiger partial charge on any atom is -0.508 e. The van der Waals surface area contributed by atoms with Crippen LogP contribution in [0.4, 0.5) is 14.5 Å². The number of rotatable bonds is 7. The number of carbonyl (C=O) groups is 1. The zero-order chi connectivity index (χ0) is 31.0. The summed E-state index contributed by atoms with van der Waals surface area (Å²) in [5, 5.41) is 26.7. The first-order valence-corrected chi connectivity index (χ1v) is 13.9. The van der Waals surface area contributed by atoms with E-state index in [0.717, 1.165) is 6.07 Å². The lowest BCUT2D eigenvalue weighted by molar-refractivity contribution is -0.118. The fraction of sp³-hybridized carbons (Fsp3) is 0.312. The molecular weight excluding hydrogens is 583 g/mol. The van der Waals surface area contributed by atoms with Gasteiger partial charge < -0.3 is 20.5 Å². The summed E-state index contributed by atoms with van der Waals surface area (Å²) in [4.78, 5) is 14.1. The Kier molecular flexibility index (Phi) is 8.89. The Bertz CT molecular complexity index is 1580. The first kappa shape index (κ1) is 31.3. The standard InChI is InChI=1S/C32H31Cl2F2N3O3/c1-17(40)18-9-12-24(25(13-18)42-5)38-30(41)29-27(20-7-6-8-22(34)28(20)36)32(16-37,26(39-29)15-31(2,3)4)21-11-10-19(33)14-23(21)35/h6-14,26-27,29,39-40H,1,15H2,2-5H3,(H,38,41)/t26-,27-,29+,32-/m0/s1. The Morgan fingerprint density at radius 1 is 1.19 bits per heavy atom. The molecule has 1 fully saturated rings. The third kappa shape index (κ3) is 5.82. The maximum absolute atomic E-state index is 15.8. The van der Waals surface area contributed by atoms with E-state index in [0.29, 0.717) is 12.0 Å². The van der Waals surface area contributed by atoms with Gasteiger partial charge in [-0.05, 0) is 53.8 Å². The van der Waals surface area contributed by atoms with Crippen LogP contribution in [0.15, 0.2) is 61.2 Å². The summed E-state index contributed by atoms with van der Waals surface area (Å²) < 4.78 is 37.0. The van der Waals surface area contributed by atoms with Crippen molar-refractivity contribution in [1.29, 1.82) is 5.26 Å². The number of anilines is 1. The Morgan fingerprint density at radius 3 is 2.50 bits per heavy atom. The van der Waals surface area contributed by atoms with Crippen molar-refractivity contribution in [2.45, 2.75) is 50.6 Å². The third-order valence-electron chi connectivity index (χ3n) is 7.52. The molecule has 42 heavy (non-hydrogen) atoms. The van der Waals surface area contributed by atoms with Crippen LogP contribution in [0.25, 0.3) is 5.76 Å². The summed E-state index contributed by atoms with van der Waals surface area (Å²) >= 11 is 12.3. The van der Waals surface area contributed by atoms with Gasteiger partial charge in [0.1, 0.15) is 28.6 Å². The summed E-state index contributed by atoms with van der Waals surface area (Å²) in [5.41, 5.74) is -1.51. The molecule has 4 rings (SSSR count). The molecule has 4 atom stereocenters. The number of hydrogen-bond donors (Lipinski definition) is 3. The van der Waals surface area contributed by atoms with Crippen LogP contribution in [0, 0.1) is 28.4 Å². The highest BCUT2D eigenvalue weighted by Gasteiger charge is 2.61. The Labute approximate surface area is 253 Å². The molecule has 6 nitrogen and oxygen atoms in total. The van der Waals surface area contributed by atoms with Crippen LogP contribution in [0.1, 0.15) is 49.8 Å². The van der Waals surface area contributed by atoms with Crippen molar-refractivity contribution in [2.24, 2.45) is 5.41 Å². The maximum Gasteiger partial charge on any atom is 0.242 e. The number of ether oxygens (including phenoxy) is 1. The van der Waals surface area contributed by atoms with Crippen LogP contribution in [-0.4, -0.2) is 30.2 Å². The minimum atomic E-state index is -1.75. The van der Waals surface area contributed by atoms with E-state index in [4.69, 9.17) is 27.9 Å². The summed E-state index contributed by atoms with van der Waals surface area (Å²) in [7, 11) is 1.40. The number of nitrogens with one attached hydrogen (secondary N) is 2. The first-order valence-electron chi connectivity index (χ1n) is 13.2. The van der Waals surface area contributed by atoms with Gasteiger partial charge in [-0.1, -0.05) is 68.8 Å². The van der Waals surface area contributed by atoms with Crippen LogP contribution >= 0.6 is 23.2 Å². The number of nitrogens with zero attached hydrogens (tertiary/aromatic N) is 1. The number of benzene rings is 3. The van der Waals surface area contributed by atoms with Gasteiger partial charge >= 0.3 is 0 Å². The molecule has 3 aromatic carbocycles. The van der Waals surface area contributed by atoms with E-state index in [2.05, 4.69) is 23.3 Å². The van der Waals surface area contributed by atoms with E-state index in [1.807, 2.05) is 20.8 Å². The predicted molar refractivity (Wildman–Crippen MR) is 161 cm³/mol. The lowest BCUT2D eigenvalue weighted by Crippen LogP contribution is -2.45. The van der Waals surface area contributed by atoms with Crippen molar-refractivity contribution < 1.29 is 23.4 Å². The average molecular weight is 615 g/mol. The number of methoxy groups -OCH3 is 1. The molecule has 1 amide bonds. The highest BCUT2D eigenvalue weighted by atomic mass is 35.5. The lowest BCUT2D eigenvalue weighted by atomic mass is 9.62. The van der Waals surface area contributed by atoms with Gasteiger partial charge in [0.15, 0.2) is 0 Å². The second-order valence-electron chi connectivity index (χ2n) is 11.5. The van der Waals surface area contributed by atoms with E-state index in [-0.39, 0.29) is 43.8 Å². The second-order valence-corrected chi connectivity index (χ2v) is 12.4. The topological polar surface area (TPSA) is 94.4 Å². The van der Waals surface area contributed by atoms with Crippen LogP contribution in [0.2, 0.25) is 10.0 Å². The molecule has 220 valence electrons. The van der Waals surface area contributed by atoms with Crippen molar-refractivity contribution in [2.75, 3.05) is 12.4 Å². The fourth-order valence-electron chi connectivity index (χ4n) is 5.74. The van der Waals surface area contributed by atoms with Crippen LogP contribution in [0.3, 0.4) is 0 Å². The van der Waals surface area contributed by atoms with E-state index >= 15 is 8.78 Å². The number of carbonyl (C=O) groups excluding carboxylic acids is 1. The van der Waals surface area contributed by atoms with Crippen LogP contribution in [-0.2, 0) is 10.2 Å². The van der Waals surface area contributed by atoms with Gasteiger partial charge in [-0.3, -0.25) is 4.79 Å². The second kappa shape index (κ2) is 11.9. The molecule has 1 aliphatic heterocycles. The largest absolute Gasteiger partial charge is 0.508 e. The summed E-state index contributed by atoms with van der Waals surface area (Å²) in [6.45, 7) is 9.38. The van der Waals surface area contributed by atoms with Crippen molar-refractivity contribution in [3.8, 4) is 11.8 Å². The molecule has 0 aliphatic carbocycles. The molecule has 3 aromatic rings. The van der Waals surface area contributed by atoms with Gasteiger partial charge in [-0.2, -0.15) is 5.26 Å². The summed E-state index contributed by atoms with van der Waals surface area (Å²) in [6, 6.07) is 13.2. The van der Waals surface area contributed by atoms with E-state index in [9.17, 15) is 15.2 Å². The molecule has 0 unspecified atom stereocenters. The van der Waals surface area contributed by atoms with Crippen molar-refractivity contribution in [3.63, 3.8) is 0 Å². The Balaban J connectivity index is 1.95. The molecule has 1 heterocycles. The van der Waals surface area contributed by atoms with Crippen LogP contribution < -0.4 is 15.4 Å². The molecule has 0 spiro atoms. The Hall–Kier alpha value is -3.64. The summed E-state index contributed by atoms with van der Waals surface area (Å²) in [6.07, 6.45) is 0.335. The SMILES string of the molecule is C=C(O)c1ccc(NC(=O)[C@@H]2N[C@@H](CC(C)(C)C)[C@](C#N)(c3ccc(Cl)cc3F)[C@H]2c2cccc(Cl)c2F)c(OC)c1. The normalized spacial score (nSPS) is 21.9. The highest BCUT2D eigenvalue weighted by molar-refractivity contribution is 6.31. The number of amides is 1. The number of aliphatic hydroxyl groups excluding tert-OH is 1. The maximum atomic E-state index is 15.8. The zero-order valence-corrected chi connectivity index (χ0v) is 25.1. The van der Waals surface area contributed by atoms with Crippen molar-refractivity contribution in [3.05, 3.63) is 99.5 Å². The van der Waals surface area contributed by atoms with Gasteiger partial charge in [0.25, 0.3) is 0 Å². The molecule has 0 bridgehead atoms. The number of hydrogen-bond acceptors (Lipinski definition) is 5. The van der Waals surface area contributed by atoms with Gasteiger partial charge in [-0.25, -0.2) is 8.78 Å². The van der Waals surface area contributed by atoms with Crippen molar-refractivity contribution >= 4 is 40.6 Å². The molecule has 10 heteroatoms. The number of nitriles is 1. The smallest absolute Gasteiger partial charge is 0.242 e. The molecule has 0 radical (unpaired) electrons. The quantitative estimate of drug-likeness (QED) is 0.237. The number of aliphatic hydroxyl groups is 1. The predicted octanol–water partition coefficient (Wildman–Crippen LogP) is 7.77. The minimum absolute atomic E-state index is 0.0126. The Morgan fingerprint density at radius 2 is 1.90 bits per heavy atom. The monoisotopic (exact) mass is 613 g/mol. The molecule has 1 aliphatic rings. The molecule has 1 saturated heterocycles. The van der Waals surface area contributed by atoms with Gasteiger partial charge in [0, 0.05) is 28.1 Å². The fourth-order valence-corrected chi connectivity index (χ4v) is 6.08. The molecule has 0 aromatic heterocycles. The van der Waals surface area contributed by atoms with E-state index in [1.165, 1.54) is 49.6 Å². The highest BCUT2D eigenvalue weighted by Crippen LogP contribution is 2.53. The van der Waals surface area contributed by atoms with Crippen LogP contribution in [0.5, 0.6) is 5.75 Å². The zero-order valence-electron chi connectivity index (χ0n) is 23.6. The average Bonchev–Trinajstić information content (AvgIpc) is 3.23. The van der Waals surface area contributed by atoms with Gasteiger partial charge in [-0.15, -0.1) is 0 Å². The first-order chi connectivity index (χ1) is 19.7. The van der Waals surface area contributed by atoms with Gasteiger partial charge in [0.05, 0.1) is 29.9 Å². The molecule has 3 N–H and O–H groups in total. The molecular formula is C32H31Cl2F2N3O3. The molecule has 0 saturated carbocycles. The third-order valence-corrected chi connectivity index (χ3v) is 8.05. The van der Waals surface area contributed by atoms with Gasteiger partial charge in [0.2, 0.25) is 5.91 Å². The number of halogens is 4. The summed E-state index contributed by atoms with van der Waals surface area (Å²) in [5.74, 6) is -3.34. The lowest BCUT2D eigenvalue weighted by Gasteiger charge is -2.37. The van der Waals surface area contributed by atoms with Crippen molar-refractivity contribution in [1.82, 2.24) is 5.32 Å².